The van der Waals surface area contributed by atoms with Crippen molar-refractivity contribution in [2.75, 3.05) is 40.4 Å². The van der Waals surface area contributed by atoms with E-state index in [1.807, 2.05) is 17.0 Å². The number of likely N-dealkylation sites (tertiary alicyclic amines) is 2. The van der Waals surface area contributed by atoms with Gasteiger partial charge in [-0.2, -0.15) is 0 Å². The number of carbonyl (C=O) groups is 2. The highest BCUT2D eigenvalue weighted by atomic mass is 19.1. The lowest BCUT2D eigenvalue weighted by Crippen LogP contribution is -2.42. The van der Waals surface area contributed by atoms with Crippen molar-refractivity contribution >= 4 is 11.8 Å². The molecule has 0 aliphatic carbocycles. The first-order valence-electron chi connectivity index (χ1n) is 11.1. The molecule has 0 N–H and O–H groups in total. The van der Waals surface area contributed by atoms with Gasteiger partial charge < -0.3 is 19.3 Å². The summed E-state index contributed by atoms with van der Waals surface area (Å²) in [4.78, 5) is 30.2. The molecule has 0 radical (unpaired) electrons. The monoisotopic (exact) mass is 440 g/mol. The lowest BCUT2D eigenvalue weighted by atomic mass is 9.86. The molecule has 7 heteroatoms. The van der Waals surface area contributed by atoms with E-state index in [9.17, 15) is 14.0 Å². The standard InChI is InChI=1S/C25H29FN2O4/c1-31-17-10-11-23(32-2)19(14-17)20-15-28(24(29)18-8-4-5-9-22(18)26)16-21(20)25(30)27-12-6-3-7-13-27/h4-5,8-11,14,20-21H,3,6-7,12-13,15-16H2,1-2H3/t20-,21-/m1/s1. The molecule has 0 spiro atoms. The van der Waals surface area contributed by atoms with Crippen molar-refractivity contribution in [3.05, 3.63) is 59.4 Å². The maximum Gasteiger partial charge on any atom is 0.256 e. The van der Waals surface area contributed by atoms with Gasteiger partial charge >= 0.3 is 0 Å². The fourth-order valence-corrected chi connectivity index (χ4v) is 4.82. The minimum Gasteiger partial charge on any atom is -0.497 e. The Bertz CT molecular complexity index is 990. The molecule has 0 aromatic heterocycles. The van der Waals surface area contributed by atoms with Crippen LogP contribution >= 0.6 is 0 Å². The van der Waals surface area contributed by atoms with Gasteiger partial charge in [0.2, 0.25) is 5.91 Å². The third kappa shape index (κ3) is 4.29. The van der Waals surface area contributed by atoms with E-state index in [1.54, 1.807) is 37.3 Å². The molecule has 6 nitrogen and oxygen atoms in total. The molecule has 4 rings (SSSR count). The molecule has 2 fully saturated rings. The molecule has 2 amide bonds. The molecule has 2 aliphatic heterocycles. The number of benzene rings is 2. The Morgan fingerprint density at radius 2 is 1.69 bits per heavy atom. The van der Waals surface area contributed by atoms with E-state index in [0.29, 0.717) is 18.0 Å². The van der Waals surface area contributed by atoms with Crippen LogP contribution in [0.1, 0.15) is 41.1 Å². The Labute approximate surface area is 187 Å². The number of amides is 2. The minimum absolute atomic E-state index is 0.0231. The van der Waals surface area contributed by atoms with E-state index in [1.165, 1.54) is 12.1 Å². The van der Waals surface area contributed by atoms with Crippen molar-refractivity contribution in [3.63, 3.8) is 0 Å². The van der Waals surface area contributed by atoms with Crippen LogP contribution in [0.15, 0.2) is 42.5 Å². The Kier molecular flexibility index (Phi) is 6.63. The molecule has 2 aromatic rings. The number of rotatable bonds is 5. The zero-order valence-corrected chi connectivity index (χ0v) is 18.6. The predicted molar refractivity (Wildman–Crippen MR) is 119 cm³/mol. The van der Waals surface area contributed by atoms with Gasteiger partial charge in [0.25, 0.3) is 5.91 Å². The molecule has 2 aromatic carbocycles. The number of hydrogen-bond acceptors (Lipinski definition) is 4. The van der Waals surface area contributed by atoms with Crippen LogP contribution in [0.3, 0.4) is 0 Å². The molecular formula is C25H29FN2O4. The van der Waals surface area contributed by atoms with Crippen LogP contribution < -0.4 is 9.47 Å². The van der Waals surface area contributed by atoms with Crippen molar-refractivity contribution in [1.82, 2.24) is 9.80 Å². The number of hydrogen-bond donors (Lipinski definition) is 0. The highest BCUT2D eigenvalue weighted by Crippen LogP contribution is 2.41. The van der Waals surface area contributed by atoms with E-state index in [2.05, 4.69) is 0 Å². The van der Waals surface area contributed by atoms with E-state index < -0.39 is 17.6 Å². The second-order valence-electron chi connectivity index (χ2n) is 8.40. The zero-order valence-electron chi connectivity index (χ0n) is 18.6. The zero-order chi connectivity index (χ0) is 22.7. The van der Waals surface area contributed by atoms with E-state index in [4.69, 9.17) is 9.47 Å². The molecule has 0 bridgehead atoms. The number of nitrogens with zero attached hydrogens (tertiary/aromatic N) is 2. The van der Waals surface area contributed by atoms with Gasteiger partial charge in [-0.15, -0.1) is 0 Å². The van der Waals surface area contributed by atoms with Gasteiger partial charge in [-0.25, -0.2) is 4.39 Å². The predicted octanol–water partition coefficient (Wildman–Crippen LogP) is 3.71. The van der Waals surface area contributed by atoms with Gasteiger partial charge in [-0.1, -0.05) is 12.1 Å². The molecule has 0 unspecified atom stereocenters. The van der Waals surface area contributed by atoms with Gasteiger partial charge in [0.05, 0.1) is 25.7 Å². The molecule has 32 heavy (non-hydrogen) atoms. The molecule has 2 aliphatic rings. The van der Waals surface area contributed by atoms with Crippen molar-refractivity contribution in [2.45, 2.75) is 25.2 Å². The number of ether oxygens (including phenoxy) is 2. The second kappa shape index (κ2) is 9.59. The van der Waals surface area contributed by atoms with Crippen LogP contribution in [0, 0.1) is 11.7 Å². The van der Waals surface area contributed by atoms with Gasteiger partial charge in [0.15, 0.2) is 0 Å². The first-order chi connectivity index (χ1) is 15.5. The third-order valence-electron chi connectivity index (χ3n) is 6.53. The van der Waals surface area contributed by atoms with Crippen molar-refractivity contribution in [1.29, 1.82) is 0 Å². The smallest absolute Gasteiger partial charge is 0.256 e. The van der Waals surface area contributed by atoms with Crippen molar-refractivity contribution in [2.24, 2.45) is 5.92 Å². The molecule has 2 heterocycles. The summed E-state index contributed by atoms with van der Waals surface area (Å²) in [6.45, 7) is 2.02. The Morgan fingerprint density at radius 3 is 2.38 bits per heavy atom. The average molecular weight is 441 g/mol. The van der Waals surface area contributed by atoms with Crippen LogP contribution in [-0.2, 0) is 4.79 Å². The molecule has 0 saturated carbocycles. The highest BCUT2D eigenvalue weighted by Gasteiger charge is 2.43. The average Bonchev–Trinajstić information content (AvgIpc) is 3.29. The lowest BCUT2D eigenvalue weighted by molar-refractivity contribution is -0.136. The largest absolute Gasteiger partial charge is 0.497 e. The van der Waals surface area contributed by atoms with Gasteiger partial charge in [0, 0.05) is 37.7 Å². The Morgan fingerprint density at radius 1 is 0.938 bits per heavy atom. The van der Waals surface area contributed by atoms with Crippen molar-refractivity contribution < 1.29 is 23.5 Å². The fraction of sp³-hybridized carbons (Fsp3) is 0.440. The maximum atomic E-state index is 14.3. The third-order valence-corrected chi connectivity index (χ3v) is 6.53. The molecule has 2 atom stereocenters. The number of methoxy groups -OCH3 is 2. The Hall–Kier alpha value is -3.09. The summed E-state index contributed by atoms with van der Waals surface area (Å²) in [5, 5.41) is 0. The summed E-state index contributed by atoms with van der Waals surface area (Å²) in [5.74, 6) is -0.308. The first-order valence-corrected chi connectivity index (χ1v) is 11.1. The van der Waals surface area contributed by atoms with Crippen LogP contribution in [0.25, 0.3) is 0 Å². The van der Waals surface area contributed by atoms with Crippen molar-refractivity contribution in [3.8, 4) is 11.5 Å². The fourth-order valence-electron chi connectivity index (χ4n) is 4.82. The lowest BCUT2D eigenvalue weighted by Gasteiger charge is -2.31. The minimum atomic E-state index is -0.557. The maximum absolute atomic E-state index is 14.3. The van der Waals surface area contributed by atoms with Crippen LogP contribution in [-0.4, -0.2) is 62.0 Å². The van der Waals surface area contributed by atoms with Gasteiger partial charge in [-0.05, 0) is 49.6 Å². The normalized spacial score (nSPS) is 20.8. The van der Waals surface area contributed by atoms with E-state index >= 15 is 0 Å². The molecule has 2 saturated heterocycles. The number of halogens is 1. The van der Waals surface area contributed by atoms with Gasteiger partial charge in [-0.3, -0.25) is 9.59 Å². The number of piperidine rings is 1. The summed E-state index contributed by atoms with van der Waals surface area (Å²) >= 11 is 0. The van der Waals surface area contributed by atoms with Crippen LogP contribution in [0.2, 0.25) is 0 Å². The SMILES string of the molecule is COc1ccc(OC)c([C@H]2CN(C(=O)c3ccccc3F)C[C@H]2C(=O)N2CCCCC2)c1. The van der Waals surface area contributed by atoms with E-state index in [-0.39, 0.29) is 23.9 Å². The Balaban J connectivity index is 1.69. The van der Waals surface area contributed by atoms with Crippen LogP contribution in [0.5, 0.6) is 11.5 Å². The second-order valence-corrected chi connectivity index (χ2v) is 8.40. The van der Waals surface area contributed by atoms with Crippen LogP contribution in [0.4, 0.5) is 4.39 Å². The number of carbonyl (C=O) groups excluding carboxylic acids is 2. The van der Waals surface area contributed by atoms with E-state index in [0.717, 1.165) is 37.9 Å². The van der Waals surface area contributed by atoms with Gasteiger partial charge in [0.1, 0.15) is 17.3 Å². The quantitative estimate of drug-likeness (QED) is 0.711. The summed E-state index contributed by atoms with van der Waals surface area (Å²) < 4.78 is 25.3. The first kappa shape index (κ1) is 22.1. The molecular weight excluding hydrogens is 411 g/mol. The topological polar surface area (TPSA) is 59.1 Å². The summed E-state index contributed by atoms with van der Waals surface area (Å²) in [7, 11) is 3.18. The molecule has 170 valence electrons. The summed E-state index contributed by atoms with van der Waals surface area (Å²) in [6.07, 6.45) is 3.10. The summed E-state index contributed by atoms with van der Waals surface area (Å²) in [6, 6.07) is 11.5. The summed E-state index contributed by atoms with van der Waals surface area (Å²) in [5.41, 5.74) is 0.848. The highest BCUT2D eigenvalue weighted by molar-refractivity contribution is 5.95.